The van der Waals surface area contributed by atoms with Crippen LogP contribution in [0.5, 0.6) is 0 Å². The standard InChI is InChI=1S/C19H22ClN3O2S/c1-13-17(26-12-23-13)11-16(14-6-8-15(20)9-7-14)19(25)22-10-4-2-3-5-18(21)24/h6-9,11-12H,2-5,10H2,1H3,(H2,21,24)(H,22,25)/b16-11+. The maximum atomic E-state index is 12.7. The molecule has 0 saturated heterocycles. The average Bonchev–Trinajstić information content (AvgIpc) is 3.01. The third kappa shape index (κ3) is 6.28. The lowest BCUT2D eigenvalue weighted by molar-refractivity contribution is -0.118. The number of hydrogen-bond acceptors (Lipinski definition) is 4. The third-order valence-electron chi connectivity index (χ3n) is 3.84. The van der Waals surface area contributed by atoms with Crippen molar-refractivity contribution >= 4 is 46.4 Å². The summed E-state index contributed by atoms with van der Waals surface area (Å²) in [5.41, 5.74) is 9.14. The van der Waals surface area contributed by atoms with Gasteiger partial charge in [0.2, 0.25) is 5.91 Å². The van der Waals surface area contributed by atoms with Gasteiger partial charge in [0.15, 0.2) is 0 Å². The summed E-state index contributed by atoms with van der Waals surface area (Å²) in [6.45, 7) is 2.46. The van der Waals surface area contributed by atoms with Crippen LogP contribution in [0.15, 0.2) is 29.8 Å². The van der Waals surface area contributed by atoms with Gasteiger partial charge in [-0.2, -0.15) is 0 Å². The Morgan fingerprint density at radius 3 is 2.58 bits per heavy atom. The number of primary amides is 1. The van der Waals surface area contributed by atoms with Crippen LogP contribution in [0.25, 0.3) is 11.6 Å². The Labute approximate surface area is 162 Å². The van der Waals surface area contributed by atoms with Gasteiger partial charge in [-0.1, -0.05) is 30.2 Å². The lowest BCUT2D eigenvalue weighted by Gasteiger charge is -2.10. The molecule has 0 radical (unpaired) electrons. The maximum Gasteiger partial charge on any atom is 0.251 e. The van der Waals surface area contributed by atoms with Gasteiger partial charge in [0.05, 0.1) is 16.1 Å². The number of unbranched alkanes of at least 4 members (excludes halogenated alkanes) is 2. The summed E-state index contributed by atoms with van der Waals surface area (Å²) in [5, 5.41) is 3.57. The molecule has 1 aromatic heterocycles. The molecule has 0 spiro atoms. The Morgan fingerprint density at radius 2 is 1.96 bits per heavy atom. The Morgan fingerprint density at radius 1 is 1.23 bits per heavy atom. The molecular weight excluding hydrogens is 370 g/mol. The van der Waals surface area contributed by atoms with Crippen LogP contribution in [-0.2, 0) is 9.59 Å². The fourth-order valence-corrected chi connectivity index (χ4v) is 3.25. The number of hydrogen-bond donors (Lipinski definition) is 2. The van der Waals surface area contributed by atoms with Crippen LogP contribution in [0.1, 0.15) is 41.8 Å². The van der Waals surface area contributed by atoms with Gasteiger partial charge in [-0.25, -0.2) is 4.98 Å². The van der Waals surface area contributed by atoms with Crippen LogP contribution in [0.4, 0.5) is 0 Å². The first kappa shape index (κ1) is 20.1. The number of rotatable bonds is 9. The number of carbonyl (C=O) groups excluding carboxylic acids is 2. The van der Waals surface area contributed by atoms with Crippen molar-refractivity contribution in [1.82, 2.24) is 10.3 Å². The van der Waals surface area contributed by atoms with Crippen molar-refractivity contribution in [3.8, 4) is 0 Å². The quantitative estimate of drug-likeness (QED) is 0.503. The predicted octanol–water partition coefficient (Wildman–Crippen LogP) is 3.81. The molecule has 0 saturated carbocycles. The number of amides is 2. The molecule has 0 aliphatic carbocycles. The fraction of sp³-hybridized carbons (Fsp3) is 0.316. The smallest absolute Gasteiger partial charge is 0.251 e. The molecule has 1 heterocycles. The highest BCUT2D eigenvalue weighted by Crippen LogP contribution is 2.24. The second-order valence-corrected chi connectivity index (χ2v) is 7.22. The molecule has 26 heavy (non-hydrogen) atoms. The van der Waals surface area contributed by atoms with Gasteiger partial charge in [0.25, 0.3) is 5.91 Å². The first-order valence-corrected chi connectivity index (χ1v) is 9.67. The van der Waals surface area contributed by atoms with Crippen LogP contribution in [0.3, 0.4) is 0 Å². The van der Waals surface area contributed by atoms with Crippen LogP contribution in [-0.4, -0.2) is 23.3 Å². The van der Waals surface area contributed by atoms with E-state index in [2.05, 4.69) is 10.3 Å². The molecule has 0 fully saturated rings. The van der Waals surface area contributed by atoms with Crippen molar-refractivity contribution in [2.75, 3.05) is 6.54 Å². The molecule has 0 bridgehead atoms. The molecule has 0 aliphatic rings. The number of thiazole rings is 1. The number of benzene rings is 1. The number of carbonyl (C=O) groups is 2. The zero-order valence-electron chi connectivity index (χ0n) is 14.6. The van der Waals surface area contributed by atoms with Gasteiger partial charge in [-0.05, 0) is 43.5 Å². The summed E-state index contributed by atoms with van der Waals surface area (Å²) in [6, 6.07) is 7.19. The lowest BCUT2D eigenvalue weighted by atomic mass is 10.0. The number of aromatic nitrogens is 1. The molecule has 2 rings (SSSR count). The summed E-state index contributed by atoms with van der Waals surface area (Å²) in [6.07, 6.45) is 4.63. The molecule has 2 aromatic rings. The van der Waals surface area contributed by atoms with Crippen molar-refractivity contribution in [2.45, 2.75) is 32.6 Å². The van der Waals surface area contributed by atoms with E-state index < -0.39 is 0 Å². The van der Waals surface area contributed by atoms with E-state index in [0.29, 0.717) is 23.6 Å². The topological polar surface area (TPSA) is 85.1 Å². The van der Waals surface area contributed by atoms with Gasteiger partial charge in [0.1, 0.15) is 0 Å². The van der Waals surface area contributed by atoms with E-state index in [0.717, 1.165) is 35.4 Å². The minimum Gasteiger partial charge on any atom is -0.370 e. The van der Waals surface area contributed by atoms with Crippen LogP contribution in [0.2, 0.25) is 5.02 Å². The van der Waals surface area contributed by atoms with Gasteiger partial charge in [-0.15, -0.1) is 11.3 Å². The highest BCUT2D eigenvalue weighted by Gasteiger charge is 2.13. The van der Waals surface area contributed by atoms with E-state index in [4.69, 9.17) is 17.3 Å². The zero-order chi connectivity index (χ0) is 18.9. The van der Waals surface area contributed by atoms with Gasteiger partial charge >= 0.3 is 0 Å². The highest BCUT2D eigenvalue weighted by molar-refractivity contribution is 7.10. The summed E-state index contributed by atoms with van der Waals surface area (Å²) in [7, 11) is 0. The first-order valence-electron chi connectivity index (χ1n) is 8.41. The number of nitrogens with one attached hydrogen (secondary N) is 1. The van der Waals surface area contributed by atoms with Crippen molar-refractivity contribution in [3.05, 3.63) is 50.9 Å². The van der Waals surface area contributed by atoms with Gasteiger partial charge < -0.3 is 11.1 Å². The molecule has 7 heteroatoms. The molecule has 0 aliphatic heterocycles. The molecular formula is C19H22ClN3O2S. The maximum absolute atomic E-state index is 12.7. The van der Waals surface area contributed by atoms with Crippen molar-refractivity contribution < 1.29 is 9.59 Å². The molecule has 1 aromatic carbocycles. The lowest BCUT2D eigenvalue weighted by Crippen LogP contribution is -2.25. The van der Waals surface area contributed by atoms with Crippen LogP contribution >= 0.6 is 22.9 Å². The Balaban J connectivity index is 2.05. The molecule has 5 nitrogen and oxygen atoms in total. The van der Waals surface area contributed by atoms with Crippen molar-refractivity contribution in [3.63, 3.8) is 0 Å². The van der Waals surface area contributed by atoms with Crippen LogP contribution in [0, 0.1) is 6.92 Å². The summed E-state index contributed by atoms with van der Waals surface area (Å²) in [4.78, 5) is 28.6. The zero-order valence-corrected chi connectivity index (χ0v) is 16.2. The molecule has 0 atom stereocenters. The minimum absolute atomic E-state index is 0.143. The fourth-order valence-electron chi connectivity index (χ4n) is 2.39. The number of nitrogens with two attached hydrogens (primary N) is 1. The normalized spacial score (nSPS) is 11.4. The van der Waals surface area contributed by atoms with E-state index in [9.17, 15) is 9.59 Å². The Bertz CT molecular complexity index is 784. The predicted molar refractivity (Wildman–Crippen MR) is 107 cm³/mol. The van der Waals surface area contributed by atoms with Crippen molar-refractivity contribution in [1.29, 1.82) is 0 Å². The summed E-state index contributed by atoms with van der Waals surface area (Å²) >= 11 is 7.45. The third-order valence-corrected chi connectivity index (χ3v) is 4.97. The second-order valence-electron chi connectivity index (χ2n) is 5.90. The highest BCUT2D eigenvalue weighted by atomic mass is 35.5. The number of nitrogens with zero attached hydrogens (tertiary/aromatic N) is 1. The summed E-state index contributed by atoms with van der Waals surface area (Å²) < 4.78 is 0. The Hall–Kier alpha value is -2.18. The van der Waals surface area contributed by atoms with E-state index in [-0.39, 0.29) is 11.8 Å². The van der Waals surface area contributed by atoms with Crippen molar-refractivity contribution in [2.24, 2.45) is 5.73 Å². The molecule has 3 N–H and O–H groups in total. The largest absolute Gasteiger partial charge is 0.370 e. The second kappa shape index (κ2) is 10.1. The minimum atomic E-state index is -0.290. The van der Waals surface area contributed by atoms with E-state index in [1.807, 2.05) is 25.1 Å². The first-order chi connectivity index (χ1) is 12.5. The van der Waals surface area contributed by atoms with Gasteiger partial charge in [0, 0.05) is 23.6 Å². The van der Waals surface area contributed by atoms with E-state index in [1.165, 1.54) is 11.3 Å². The van der Waals surface area contributed by atoms with E-state index in [1.54, 1.807) is 17.6 Å². The van der Waals surface area contributed by atoms with Gasteiger partial charge in [-0.3, -0.25) is 9.59 Å². The Kier molecular flexibility index (Phi) is 7.81. The average molecular weight is 392 g/mol. The molecule has 0 unspecified atom stereocenters. The summed E-state index contributed by atoms with van der Waals surface area (Å²) in [5.74, 6) is -0.433. The molecule has 2 amide bonds. The number of aryl methyl sites for hydroxylation is 1. The molecule has 138 valence electrons. The monoisotopic (exact) mass is 391 g/mol. The number of halogens is 1. The van der Waals surface area contributed by atoms with E-state index >= 15 is 0 Å². The van der Waals surface area contributed by atoms with Crippen LogP contribution < -0.4 is 11.1 Å². The SMILES string of the molecule is Cc1ncsc1/C=C(/C(=O)NCCCCCC(N)=O)c1ccc(Cl)cc1.